The number of carbonyl (C=O) groups is 2. The van der Waals surface area contributed by atoms with E-state index in [9.17, 15) is 9.59 Å². The summed E-state index contributed by atoms with van der Waals surface area (Å²) in [7, 11) is 0. The van der Waals surface area contributed by atoms with Crippen molar-refractivity contribution in [1.82, 2.24) is 15.1 Å². The van der Waals surface area contributed by atoms with Gasteiger partial charge in [0.15, 0.2) is 0 Å². The van der Waals surface area contributed by atoms with Crippen LogP contribution in [0.3, 0.4) is 0 Å². The molecule has 2 saturated heterocycles. The van der Waals surface area contributed by atoms with Gasteiger partial charge in [0.1, 0.15) is 0 Å². The molecule has 2 heterocycles. The van der Waals surface area contributed by atoms with Gasteiger partial charge in [0.25, 0.3) is 5.91 Å². The summed E-state index contributed by atoms with van der Waals surface area (Å²) in [6, 6.07) is 25.1. The fourth-order valence-electron chi connectivity index (χ4n) is 5.66. The molecule has 34 heavy (non-hydrogen) atoms. The van der Waals surface area contributed by atoms with E-state index >= 15 is 0 Å². The smallest absolute Gasteiger partial charge is 0.251 e. The summed E-state index contributed by atoms with van der Waals surface area (Å²) in [4.78, 5) is 30.4. The van der Waals surface area contributed by atoms with Crippen molar-refractivity contribution < 1.29 is 9.59 Å². The van der Waals surface area contributed by atoms with Crippen molar-refractivity contribution in [3.8, 4) is 0 Å². The van der Waals surface area contributed by atoms with Gasteiger partial charge in [0.05, 0.1) is 0 Å². The van der Waals surface area contributed by atoms with Crippen molar-refractivity contribution in [2.24, 2.45) is 0 Å². The number of carbonyl (C=O) groups excluding carboxylic acids is 2. The highest BCUT2D eigenvalue weighted by molar-refractivity contribution is 5.98. The zero-order valence-electron chi connectivity index (χ0n) is 19.7. The number of nitrogens with one attached hydrogen (secondary N) is 1. The van der Waals surface area contributed by atoms with Gasteiger partial charge < -0.3 is 10.2 Å². The predicted octanol–water partition coefficient (Wildman–Crippen LogP) is 4.62. The Hall–Kier alpha value is -3.18. The fourth-order valence-corrected chi connectivity index (χ4v) is 5.66. The van der Waals surface area contributed by atoms with Crippen LogP contribution in [0.4, 0.5) is 0 Å². The van der Waals surface area contributed by atoms with Gasteiger partial charge in [-0.25, -0.2) is 0 Å². The molecule has 3 aromatic rings. The third-order valence-electron chi connectivity index (χ3n) is 7.34. The van der Waals surface area contributed by atoms with Crippen LogP contribution in [-0.2, 0) is 11.3 Å². The molecule has 0 aromatic heterocycles. The average molecular weight is 456 g/mol. The molecule has 1 N–H and O–H groups in total. The summed E-state index contributed by atoms with van der Waals surface area (Å²) < 4.78 is 0. The second-order valence-corrected chi connectivity index (χ2v) is 9.53. The standard InChI is InChI=1S/C29H33N3O2/c33-28(16-17-30-29(34)25-15-14-23-10-4-5-11-24(23)20-25)32-19-7-13-27(32)26-12-6-18-31(26)21-22-8-2-1-3-9-22/h1-5,8-11,14-15,20,26-27H,6-7,12-13,16-19,21H2,(H,30,34)/t26-,27+/m1/s1. The third-order valence-corrected chi connectivity index (χ3v) is 7.34. The van der Waals surface area contributed by atoms with E-state index in [1.165, 1.54) is 12.0 Å². The Morgan fingerprint density at radius 2 is 1.56 bits per heavy atom. The molecule has 3 aromatic carbocycles. The van der Waals surface area contributed by atoms with E-state index in [1.54, 1.807) is 0 Å². The summed E-state index contributed by atoms with van der Waals surface area (Å²) in [6.07, 6.45) is 4.83. The zero-order chi connectivity index (χ0) is 23.3. The summed E-state index contributed by atoms with van der Waals surface area (Å²) in [5.74, 6) is 0.0363. The molecule has 0 bridgehead atoms. The quantitative estimate of drug-likeness (QED) is 0.566. The Morgan fingerprint density at radius 1 is 0.824 bits per heavy atom. The Morgan fingerprint density at radius 3 is 2.41 bits per heavy atom. The first kappa shape index (κ1) is 22.6. The SMILES string of the molecule is O=C(NCCC(=O)N1CCC[C@H]1[C@H]1CCCN1Cc1ccccc1)c1ccc2ccccc2c1. The van der Waals surface area contributed by atoms with Gasteiger partial charge in [0, 0.05) is 43.7 Å². The fraction of sp³-hybridized carbons (Fsp3) is 0.379. The number of amides is 2. The average Bonchev–Trinajstić information content (AvgIpc) is 3.53. The zero-order valence-corrected chi connectivity index (χ0v) is 19.7. The lowest BCUT2D eigenvalue weighted by Gasteiger charge is -2.35. The van der Waals surface area contributed by atoms with Crippen LogP contribution in [-0.4, -0.2) is 53.3 Å². The van der Waals surface area contributed by atoms with E-state index in [0.29, 0.717) is 24.6 Å². The number of hydrogen-bond donors (Lipinski definition) is 1. The molecule has 2 amide bonds. The van der Waals surface area contributed by atoms with Crippen LogP contribution in [0.5, 0.6) is 0 Å². The highest BCUT2D eigenvalue weighted by atomic mass is 16.2. The second kappa shape index (κ2) is 10.4. The highest BCUT2D eigenvalue weighted by Gasteiger charge is 2.39. The van der Waals surface area contributed by atoms with Crippen molar-refractivity contribution in [2.75, 3.05) is 19.6 Å². The minimum atomic E-state index is -0.124. The van der Waals surface area contributed by atoms with Gasteiger partial charge in [-0.2, -0.15) is 0 Å². The molecular formula is C29H33N3O2. The maximum Gasteiger partial charge on any atom is 0.251 e. The normalized spacial score (nSPS) is 20.6. The van der Waals surface area contributed by atoms with Crippen molar-refractivity contribution in [2.45, 2.75) is 50.7 Å². The first-order chi connectivity index (χ1) is 16.7. The van der Waals surface area contributed by atoms with Crippen molar-refractivity contribution >= 4 is 22.6 Å². The summed E-state index contributed by atoms with van der Waals surface area (Å²) in [6.45, 7) is 3.25. The van der Waals surface area contributed by atoms with Crippen LogP contribution >= 0.6 is 0 Å². The monoisotopic (exact) mass is 455 g/mol. The van der Waals surface area contributed by atoms with Gasteiger partial charge >= 0.3 is 0 Å². The van der Waals surface area contributed by atoms with Gasteiger partial charge in [-0.1, -0.05) is 60.7 Å². The van der Waals surface area contributed by atoms with Crippen molar-refractivity contribution in [3.63, 3.8) is 0 Å². The molecule has 5 rings (SSSR count). The molecule has 2 aliphatic rings. The van der Waals surface area contributed by atoms with Gasteiger partial charge in [-0.15, -0.1) is 0 Å². The van der Waals surface area contributed by atoms with E-state index in [2.05, 4.69) is 45.4 Å². The van der Waals surface area contributed by atoms with Gasteiger partial charge in [0.2, 0.25) is 5.91 Å². The lowest BCUT2D eigenvalue weighted by molar-refractivity contribution is -0.132. The van der Waals surface area contributed by atoms with Crippen LogP contribution in [0, 0.1) is 0 Å². The van der Waals surface area contributed by atoms with Crippen LogP contribution in [0.1, 0.15) is 48.0 Å². The molecule has 5 nitrogen and oxygen atoms in total. The predicted molar refractivity (Wildman–Crippen MR) is 136 cm³/mol. The molecule has 2 aliphatic heterocycles. The number of rotatable bonds is 7. The lowest BCUT2D eigenvalue weighted by atomic mass is 10.0. The molecule has 176 valence electrons. The van der Waals surface area contributed by atoms with E-state index < -0.39 is 0 Å². The van der Waals surface area contributed by atoms with Crippen molar-refractivity contribution in [1.29, 1.82) is 0 Å². The van der Waals surface area contributed by atoms with Crippen LogP contribution < -0.4 is 5.32 Å². The maximum absolute atomic E-state index is 13.1. The molecule has 0 saturated carbocycles. The third kappa shape index (κ3) is 5.00. The summed E-state index contributed by atoms with van der Waals surface area (Å²) >= 11 is 0. The molecule has 5 heteroatoms. The number of nitrogens with zero attached hydrogens (tertiary/aromatic N) is 2. The van der Waals surface area contributed by atoms with Crippen LogP contribution in [0.15, 0.2) is 72.8 Å². The topological polar surface area (TPSA) is 52.7 Å². The van der Waals surface area contributed by atoms with Crippen LogP contribution in [0.25, 0.3) is 10.8 Å². The van der Waals surface area contributed by atoms with E-state index in [1.807, 2.05) is 42.5 Å². The second-order valence-electron chi connectivity index (χ2n) is 9.53. The minimum Gasteiger partial charge on any atom is -0.352 e. The molecular weight excluding hydrogens is 422 g/mol. The first-order valence-electron chi connectivity index (χ1n) is 12.5. The number of fused-ring (bicyclic) bond motifs is 1. The Balaban J connectivity index is 1.16. The van der Waals surface area contributed by atoms with Gasteiger partial charge in [-0.3, -0.25) is 14.5 Å². The molecule has 0 spiro atoms. The Bertz CT molecular complexity index is 1150. The Labute approximate surface area is 201 Å². The number of likely N-dealkylation sites (tertiary alicyclic amines) is 2. The largest absolute Gasteiger partial charge is 0.352 e. The summed E-state index contributed by atoms with van der Waals surface area (Å²) in [5, 5.41) is 5.10. The Kier molecular flexibility index (Phi) is 6.91. The van der Waals surface area contributed by atoms with Gasteiger partial charge in [-0.05, 0) is 60.7 Å². The van der Waals surface area contributed by atoms with Crippen LogP contribution in [0.2, 0.25) is 0 Å². The molecule has 2 fully saturated rings. The maximum atomic E-state index is 13.1. The molecule has 0 aliphatic carbocycles. The molecule has 2 atom stereocenters. The first-order valence-corrected chi connectivity index (χ1v) is 12.5. The summed E-state index contributed by atoms with van der Waals surface area (Å²) in [5.41, 5.74) is 1.97. The highest BCUT2D eigenvalue weighted by Crippen LogP contribution is 2.31. The number of benzene rings is 3. The minimum absolute atomic E-state index is 0.124. The number of hydrogen-bond acceptors (Lipinski definition) is 3. The van der Waals surface area contributed by atoms with E-state index in [0.717, 1.165) is 49.7 Å². The molecule has 0 radical (unpaired) electrons. The van der Waals surface area contributed by atoms with Crippen molar-refractivity contribution in [3.05, 3.63) is 83.9 Å². The lowest BCUT2D eigenvalue weighted by Crippen LogP contribution is -2.48. The van der Waals surface area contributed by atoms with E-state index in [4.69, 9.17) is 0 Å². The van der Waals surface area contributed by atoms with E-state index in [-0.39, 0.29) is 17.9 Å². The molecule has 0 unspecified atom stereocenters.